The van der Waals surface area contributed by atoms with Gasteiger partial charge in [-0.15, -0.1) is 0 Å². The molecule has 2 atom stereocenters. The van der Waals surface area contributed by atoms with Crippen molar-refractivity contribution in [1.29, 1.82) is 0 Å². The van der Waals surface area contributed by atoms with Gasteiger partial charge < -0.3 is 10.1 Å². The summed E-state index contributed by atoms with van der Waals surface area (Å²) in [6, 6.07) is 0. The Balaban J connectivity index is 1.81. The molecular formula is C14H25NO. The minimum absolute atomic E-state index is 0.492. The van der Waals surface area contributed by atoms with Gasteiger partial charge in [0.15, 0.2) is 0 Å². The van der Waals surface area contributed by atoms with Crippen LogP contribution in [0.2, 0.25) is 0 Å². The highest BCUT2D eigenvalue weighted by molar-refractivity contribution is 5.04. The summed E-state index contributed by atoms with van der Waals surface area (Å²) < 4.78 is 6.12. The van der Waals surface area contributed by atoms with Gasteiger partial charge in [0.05, 0.1) is 6.10 Å². The maximum atomic E-state index is 6.12. The van der Waals surface area contributed by atoms with Gasteiger partial charge >= 0.3 is 0 Å². The normalized spacial score (nSPS) is 40.7. The third-order valence-electron chi connectivity index (χ3n) is 5.16. The van der Waals surface area contributed by atoms with Crippen molar-refractivity contribution in [3.63, 3.8) is 0 Å². The monoisotopic (exact) mass is 223 g/mol. The molecule has 0 aromatic heterocycles. The van der Waals surface area contributed by atoms with E-state index >= 15 is 0 Å². The molecular weight excluding hydrogens is 198 g/mol. The van der Waals surface area contributed by atoms with E-state index in [1.165, 1.54) is 51.5 Å². The second-order valence-electron chi connectivity index (χ2n) is 6.12. The van der Waals surface area contributed by atoms with E-state index in [0.717, 1.165) is 18.4 Å². The summed E-state index contributed by atoms with van der Waals surface area (Å²) in [5.74, 6) is 1.84. The lowest BCUT2D eigenvalue weighted by molar-refractivity contribution is 0.00139. The quantitative estimate of drug-likeness (QED) is 0.791. The fourth-order valence-corrected chi connectivity index (χ4v) is 4.29. The second kappa shape index (κ2) is 4.30. The van der Waals surface area contributed by atoms with Crippen molar-refractivity contribution < 1.29 is 4.74 Å². The van der Waals surface area contributed by atoms with Crippen LogP contribution in [0.5, 0.6) is 0 Å². The number of rotatable bonds is 4. The fourth-order valence-electron chi connectivity index (χ4n) is 4.29. The highest BCUT2D eigenvalue weighted by Gasteiger charge is 2.54. The number of hydrogen-bond donors (Lipinski definition) is 1. The first-order valence-corrected chi connectivity index (χ1v) is 7.13. The molecule has 2 unspecified atom stereocenters. The molecule has 92 valence electrons. The van der Waals surface area contributed by atoms with Crippen molar-refractivity contribution in [2.75, 3.05) is 20.2 Å². The van der Waals surface area contributed by atoms with E-state index in [-0.39, 0.29) is 0 Å². The van der Waals surface area contributed by atoms with Crippen molar-refractivity contribution in [2.24, 2.45) is 17.3 Å². The van der Waals surface area contributed by atoms with Crippen molar-refractivity contribution >= 4 is 0 Å². The summed E-state index contributed by atoms with van der Waals surface area (Å²) in [5.41, 5.74) is 0.492. The molecule has 2 saturated carbocycles. The molecule has 1 heterocycles. The second-order valence-corrected chi connectivity index (χ2v) is 6.12. The first kappa shape index (κ1) is 11.0. The molecule has 1 aliphatic heterocycles. The van der Waals surface area contributed by atoms with Crippen LogP contribution in [0.1, 0.15) is 44.9 Å². The van der Waals surface area contributed by atoms with Crippen molar-refractivity contribution in [2.45, 2.75) is 51.0 Å². The average Bonchev–Trinajstić information content (AvgIpc) is 2.83. The minimum Gasteiger partial charge on any atom is -0.377 e. The maximum absolute atomic E-state index is 6.12. The molecule has 2 heteroatoms. The predicted octanol–water partition coefficient (Wildman–Crippen LogP) is 2.58. The van der Waals surface area contributed by atoms with Crippen LogP contribution >= 0.6 is 0 Å². The third kappa shape index (κ3) is 1.70. The predicted molar refractivity (Wildman–Crippen MR) is 65.4 cm³/mol. The Morgan fingerprint density at radius 2 is 1.94 bits per heavy atom. The molecule has 0 spiro atoms. The maximum Gasteiger partial charge on any atom is 0.0675 e. The van der Waals surface area contributed by atoms with E-state index in [1.807, 2.05) is 0 Å². The van der Waals surface area contributed by atoms with Crippen LogP contribution in [0.15, 0.2) is 0 Å². The van der Waals surface area contributed by atoms with Gasteiger partial charge in [-0.3, -0.25) is 0 Å². The summed E-state index contributed by atoms with van der Waals surface area (Å²) in [5, 5.41) is 3.46. The van der Waals surface area contributed by atoms with Gasteiger partial charge in [-0.1, -0.05) is 12.8 Å². The van der Waals surface area contributed by atoms with Gasteiger partial charge in [-0.05, 0) is 51.0 Å². The van der Waals surface area contributed by atoms with Gasteiger partial charge in [-0.2, -0.15) is 0 Å². The Labute approximate surface area is 99.1 Å². The van der Waals surface area contributed by atoms with Crippen LogP contribution in [0.3, 0.4) is 0 Å². The zero-order chi connectivity index (χ0) is 11.0. The Morgan fingerprint density at radius 3 is 2.56 bits per heavy atom. The topological polar surface area (TPSA) is 21.3 Å². The molecule has 3 fully saturated rings. The van der Waals surface area contributed by atoms with E-state index in [4.69, 9.17) is 4.74 Å². The van der Waals surface area contributed by atoms with Gasteiger partial charge in [-0.25, -0.2) is 0 Å². The molecule has 16 heavy (non-hydrogen) atoms. The molecule has 2 aliphatic carbocycles. The highest BCUT2D eigenvalue weighted by Crippen LogP contribution is 2.54. The van der Waals surface area contributed by atoms with Crippen LogP contribution < -0.4 is 5.32 Å². The van der Waals surface area contributed by atoms with Crippen LogP contribution in [-0.4, -0.2) is 26.3 Å². The number of nitrogens with one attached hydrogen (secondary N) is 1. The van der Waals surface area contributed by atoms with Crippen molar-refractivity contribution in [3.8, 4) is 0 Å². The standard InChI is InChI=1S/C14H25NO/c1-15-10-14(12-4-2-3-5-12)8-9-16-13(14)11-6-7-11/h11-13,15H,2-10H2,1H3. The summed E-state index contributed by atoms with van der Waals surface area (Å²) in [6.07, 6.45) is 10.5. The fraction of sp³-hybridized carbons (Fsp3) is 1.00. The Hall–Kier alpha value is -0.0800. The molecule has 1 saturated heterocycles. The smallest absolute Gasteiger partial charge is 0.0675 e. The zero-order valence-corrected chi connectivity index (χ0v) is 10.5. The lowest BCUT2D eigenvalue weighted by atomic mass is 9.68. The van der Waals surface area contributed by atoms with Crippen molar-refractivity contribution in [1.82, 2.24) is 5.32 Å². The van der Waals surface area contributed by atoms with E-state index in [0.29, 0.717) is 11.5 Å². The van der Waals surface area contributed by atoms with Crippen LogP contribution in [-0.2, 0) is 4.74 Å². The van der Waals surface area contributed by atoms with Crippen LogP contribution in [0.4, 0.5) is 0 Å². The zero-order valence-electron chi connectivity index (χ0n) is 10.5. The first-order valence-electron chi connectivity index (χ1n) is 7.13. The lowest BCUT2D eigenvalue weighted by Gasteiger charge is -2.40. The Bertz CT molecular complexity index is 245. The Morgan fingerprint density at radius 1 is 1.19 bits per heavy atom. The molecule has 3 rings (SSSR count). The molecule has 0 amide bonds. The SMILES string of the molecule is CNCC1(C2CCCC2)CCOC1C1CC1. The van der Waals surface area contributed by atoms with Crippen molar-refractivity contribution in [3.05, 3.63) is 0 Å². The van der Waals surface area contributed by atoms with Gasteiger partial charge in [0.1, 0.15) is 0 Å². The van der Waals surface area contributed by atoms with Gasteiger partial charge in [0.25, 0.3) is 0 Å². The lowest BCUT2D eigenvalue weighted by Crippen LogP contribution is -2.45. The van der Waals surface area contributed by atoms with E-state index in [2.05, 4.69) is 12.4 Å². The van der Waals surface area contributed by atoms with E-state index in [9.17, 15) is 0 Å². The first-order chi connectivity index (χ1) is 7.87. The summed E-state index contributed by atoms with van der Waals surface area (Å²) in [7, 11) is 2.11. The largest absolute Gasteiger partial charge is 0.377 e. The van der Waals surface area contributed by atoms with Crippen LogP contribution in [0.25, 0.3) is 0 Å². The Kier molecular flexibility index (Phi) is 2.97. The summed E-state index contributed by atoms with van der Waals surface area (Å²) in [6.45, 7) is 2.19. The van der Waals surface area contributed by atoms with E-state index < -0.39 is 0 Å². The molecule has 3 aliphatic rings. The molecule has 0 bridgehead atoms. The summed E-state index contributed by atoms with van der Waals surface area (Å²) in [4.78, 5) is 0. The van der Waals surface area contributed by atoms with Gasteiger partial charge in [0, 0.05) is 18.6 Å². The molecule has 0 aromatic carbocycles. The minimum atomic E-state index is 0.492. The van der Waals surface area contributed by atoms with Gasteiger partial charge in [0.2, 0.25) is 0 Å². The number of ether oxygens (including phenoxy) is 1. The molecule has 0 radical (unpaired) electrons. The third-order valence-corrected chi connectivity index (χ3v) is 5.16. The van der Waals surface area contributed by atoms with E-state index in [1.54, 1.807) is 0 Å². The highest BCUT2D eigenvalue weighted by atomic mass is 16.5. The molecule has 1 N–H and O–H groups in total. The molecule has 0 aromatic rings. The molecule has 2 nitrogen and oxygen atoms in total. The van der Waals surface area contributed by atoms with Crippen LogP contribution in [0, 0.1) is 17.3 Å². The summed E-state index contributed by atoms with van der Waals surface area (Å²) >= 11 is 0. The number of hydrogen-bond acceptors (Lipinski definition) is 2. The average molecular weight is 223 g/mol.